The Hall–Kier alpha value is -0.243. The molecule has 0 saturated heterocycles. The summed E-state index contributed by atoms with van der Waals surface area (Å²) in [7, 11) is 5.56. The van der Waals surface area contributed by atoms with Gasteiger partial charge in [0.1, 0.15) is 0 Å². The van der Waals surface area contributed by atoms with Crippen LogP contribution in [0.1, 0.15) is 39.5 Å². The third-order valence-electron chi connectivity index (χ3n) is 2.14. The van der Waals surface area contributed by atoms with Gasteiger partial charge < -0.3 is 4.90 Å². The first-order valence-electron chi connectivity index (χ1n) is 4.99. The molecule has 12 heavy (non-hydrogen) atoms. The summed E-state index contributed by atoms with van der Waals surface area (Å²) < 4.78 is 0. The van der Waals surface area contributed by atoms with Gasteiger partial charge >= 0.3 is 0 Å². The Bertz CT molecular complexity index is 150. The molecule has 0 aliphatic carbocycles. The molecule has 0 aliphatic rings. The van der Waals surface area contributed by atoms with Crippen molar-refractivity contribution < 1.29 is 0 Å². The van der Waals surface area contributed by atoms with E-state index in [0.29, 0.717) is 0 Å². The van der Waals surface area contributed by atoms with E-state index in [0.717, 1.165) is 0 Å². The number of allylic oxidation sites excluding steroid dienone is 2. The molecular weight excluding hydrogens is 162 g/mol. The van der Waals surface area contributed by atoms with Crippen molar-refractivity contribution in [2.24, 2.45) is 0 Å². The van der Waals surface area contributed by atoms with E-state index in [1.807, 2.05) is 0 Å². The number of nitrogens with zero attached hydrogens (tertiary/aromatic N) is 1. The van der Waals surface area contributed by atoms with Crippen LogP contribution < -0.4 is 0 Å². The van der Waals surface area contributed by atoms with Crippen LogP contribution in [0.2, 0.25) is 0 Å². The van der Waals surface area contributed by atoms with Crippen molar-refractivity contribution in [1.29, 1.82) is 0 Å². The van der Waals surface area contributed by atoms with E-state index in [2.05, 4.69) is 32.8 Å². The summed E-state index contributed by atoms with van der Waals surface area (Å²) in [6.07, 6.45) is 5.12. The standard InChI is InChI=1S/C10H23NSi/c1-5-7-9(11(3)4)10(12)8-6-2/h5-8H2,1-4,12H3. The molecule has 72 valence electrons. The highest BCUT2D eigenvalue weighted by Gasteiger charge is 2.02. The van der Waals surface area contributed by atoms with Gasteiger partial charge in [-0.05, 0) is 12.8 Å². The molecule has 0 rings (SSSR count). The molecule has 0 N–H and O–H groups in total. The maximum atomic E-state index is 2.29. The normalized spacial score (nSPS) is 13.0. The lowest BCUT2D eigenvalue weighted by Crippen LogP contribution is -2.13. The monoisotopic (exact) mass is 185 g/mol. The minimum absolute atomic E-state index is 1.23. The highest BCUT2D eigenvalue weighted by Crippen LogP contribution is 2.14. The molecule has 0 radical (unpaired) electrons. The molecule has 0 bridgehead atoms. The second-order valence-corrected chi connectivity index (χ2v) is 4.83. The van der Waals surface area contributed by atoms with E-state index in [-0.39, 0.29) is 0 Å². The van der Waals surface area contributed by atoms with E-state index in [4.69, 9.17) is 0 Å². The number of rotatable bonds is 5. The highest BCUT2D eigenvalue weighted by molar-refractivity contribution is 6.21. The first kappa shape index (κ1) is 11.8. The summed E-state index contributed by atoms with van der Waals surface area (Å²) in [6.45, 7) is 4.52. The number of hydrogen-bond donors (Lipinski definition) is 0. The third-order valence-corrected chi connectivity index (χ3v) is 3.22. The fraction of sp³-hybridized carbons (Fsp3) is 0.800. The van der Waals surface area contributed by atoms with Crippen LogP contribution in [0.15, 0.2) is 10.9 Å². The van der Waals surface area contributed by atoms with Gasteiger partial charge in [-0.2, -0.15) is 0 Å². The van der Waals surface area contributed by atoms with E-state index < -0.39 is 0 Å². The molecule has 0 heterocycles. The van der Waals surface area contributed by atoms with E-state index in [1.165, 1.54) is 35.9 Å². The van der Waals surface area contributed by atoms with Gasteiger partial charge in [-0.15, -0.1) is 0 Å². The Morgan fingerprint density at radius 2 is 1.58 bits per heavy atom. The smallest absolute Gasteiger partial charge is 0.0355 e. The maximum Gasteiger partial charge on any atom is 0.0355 e. The average Bonchev–Trinajstić information content (AvgIpc) is 1.99. The van der Waals surface area contributed by atoms with Crippen LogP contribution in [-0.4, -0.2) is 29.2 Å². The van der Waals surface area contributed by atoms with Gasteiger partial charge in [0.15, 0.2) is 0 Å². The molecule has 0 aliphatic heterocycles. The van der Waals surface area contributed by atoms with Crippen LogP contribution in [0.3, 0.4) is 0 Å². The molecule has 0 aromatic carbocycles. The first-order valence-corrected chi connectivity index (χ1v) is 5.99. The van der Waals surface area contributed by atoms with Crippen LogP contribution >= 0.6 is 0 Å². The summed E-state index contributed by atoms with van der Waals surface area (Å²) in [5.41, 5.74) is 1.59. The summed E-state index contributed by atoms with van der Waals surface area (Å²) in [5, 5.41) is 1.70. The summed E-state index contributed by atoms with van der Waals surface area (Å²) >= 11 is 0. The molecule has 1 nitrogen and oxygen atoms in total. The summed E-state index contributed by atoms with van der Waals surface area (Å²) in [4.78, 5) is 2.29. The van der Waals surface area contributed by atoms with Crippen LogP contribution in [0.5, 0.6) is 0 Å². The molecule has 0 aromatic rings. The zero-order valence-corrected chi connectivity index (χ0v) is 11.3. The van der Waals surface area contributed by atoms with Gasteiger partial charge in [0.2, 0.25) is 0 Å². The van der Waals surface area contributed by atoms with Crippen molar-refractivity contribution in [3.63, 3.8) is 0 Å². The van der Waals surface area contributed by atoms with Crippen molar-refractivity contribution in [1.82, 2.24) is 4.90 Å². The average molecular weight is 185 g/mol. The molecule has 0 saturated carbocycles. The lowest BCUT2D eigenvalue weighted by molar-refractivity contribution is 0.478. The van der Waals surface area contributed by atoms with Crippen LogP contribution in [0, 0.1) is 0 Å². The fourth-order valence-corrected chi connectivity index (χ4v) is 2.77. The molecule has 0 amide bonds. The van der Waals surface area contributed by atoms with Crippen LogP contribution in [-0.2, 0) is 0 Å². The molecular formula is C10H23NSi. The summed E-state index contributed by atoms with van der Waals surface area (Å²) in [5.74, 6) is 0. The second-order valence-electron chi connectivity index (χ2n) is 3.62. The maximum absolute atomic E-state index is 2.29. The molecule has 0 aromatic heterocycles. The fourth-order valence-electron chi connectivity index (χ4n) is 1.57. The van der Waals surface area contributed by atoms with Gasteiger partial charge in [0.05, 0.1) is 0 Å². The van der Waals surface area contributed by atoms with Gasteiger partial charge in [-0.25, -0.2) is 0 Å². The second kappa shape index (κ2) is 6.29. The minimum atomic E-state index is 1.23. The molecule has 0 fully saturated rings. The van der Waals surface area contributed by atoms with Crippen molar-refractivity contribution in [3.05, 3.63) is 10.9 Å². The molecule has 2 heteroatoms. The lowest BCUT2D eigenvalue weighted by atomic mass is 10.2. The zero-order chi connectivity index (χ0) is 9.56. The van der Waals surface area contributed by atoms with Crippen molar-refractivity contribution in [3.8, 4) is 0 Å². The Kier molecular flexibility index (Phi) is 6.16. The quantitative estimate of drug-likeness (QED) is 0.590. The highest BCUT2D eigenvalue weighted by atomic mass is 28.1. The largest absolute Gasteiger partial charge is 0.381 e. The molecule has 0 unspecified atom stereocenters. The predicted molar refractivity (Wildman–Crippen MR) is 60.5 cm³/mol. The van der Waals surface area contributed by atoms with Crippen LogP contribution in [0.25, 0.3) is 0 Å². The zero-order valence-electron chi connectivity index (χ0n) is 9.28. The Morgan fingerprint density at radius 1 is 1.08 bits per heavy atom. The van der Waals surface area contributed by atoms with Crippen molar-refractivity contribution >= 4 is 10.2 Å². The third kappa shape index (κ3) is 3.95. The Balaban J connectivity index is 4.32. The van der Waals surface area contributed by atoms with Gasteiger partial charge in [-0.3, -0.25) is 0 Å². The van der Waals surface area contributed by atoms with Gasteiger partial charge in [0.25, 0.3) is 0 Å². The first-order chi connectivity index (χ1) is 5.63. The van der Waals surface area contributed by atoms with E-state index in [9.17, 15) is 0 Å². The van der Waals surface area contributed by atoms with E-state index in [1.54, 1.807) is 10.9 Å². The van der Waals surface area contributed by atoms with Crippen LogP contribution in [0.4, 0.5) is 0 Å². The Labute approximate surface area is 80.3 Å². The summed E-state index contributed by atoms with van der Waals surface area (Å²) in [6, 6.07) is 0. The van der Waals surface area contributed by atoms with Crippen molar-refractivity contribution in [2.75, 3.05) is 14.1 Å². The van der Waals surface area contributed by atoms with E-state index >= 15 is 0 Å². The van der Waals surface area contributed by atoms with Gasteiger partial charge in [0, 0.05) is 30.0 Å². The topological polar surface area (TPSA) is 3.24 Å². The SMILES string of the molecule is CCCC([SiH3])=C(CCC)N(C)C. The van der Waals surface area contributed by atoms with Gasteiger partial charge in [-0.1, -0.05) is 31.9 Å². The number of hydrogen-bond acceptors (Lipinski definition) is 1. The Morgan fingerprint density at radius 3 is 1.92 bits per heavy atom. The van der Waals surface area contributed by atoms with Crippen molar-refractivity contribution in [2.45, 2.75) is 39.5 Å². The lowest BCUT2D eigenvalue weighted by Gasteiger charge is -2.20. The molecule has 0 atom stereocenters. The minimum Gasteiger partial charge on any atom is -0.381 e. The molecule has 0 spiro atoms. The predicted octanol–water partition coefficient (Wildman–Crippen LogP) is 1.73.